The highest BCUT2D eigenvalue weighted by molar-refractivity contribution is 7.18. The zero-order chi connectivity index (χ0) is 18.8. The molecule has 27 heavy (non-hydrogen) atoms. The monoisotopic (exact) mass is 404 g/mol. The number of nitrogens with one attached hydrogen (secondary N) is 2. The van der Waals surface area contributed by atoms with Gasteiger partial charge in [0, 0.05) is 23.1 Å². The molecule has 0 radical (unpaired) electrons. The van der Waals surface area contributed by atoms with E-state index in [-0.39, 0.29) is 24.5 Å². The van der Waals surface area contributed by atoms with Gasteiger partial charge in [0.2, 0.25) is 5.91 Å². The Labute approximate surface area is 163 Å². The highest BCUT2D eigenvalue weighted by Crippen LogP contribution is 2.33. The predicted molar refractivity (Wildman–Crippen MR) is 105 cm³/mol. The predicted octanol–water partition coefficient (Wildman–Crippen LogP) is 2.06. The van der Waals surface area contributed by atoms with E-state index >= 15 is 0 Å². The highest BCUT2D eigenvalue weighted by atomic mass is 32.1. The van der Waals surface area contributed by atoms with Crippen LogP contribution in [0.4, 0.5) is 0 Å². The molecule has 0 aliphatic heterocycles. The van der Waals surface area contributed by atoms with E-state index in [1.807, 2.05) is 0 Å². The molecule has 3 N–H and O–H groups in total. The van der Waals surface area contributed by atoms with Gasteiger partial charge < -0.3 is 15.4 Å². The number of amides is 1. The van der Waals surface area contributed by atoms with Crippen molar-refractivity contribution in [2.45, 2.75) is 51.7 Å². The van der Waals surface area contributed by atoms with Crippen molar-refractivity contribution in [3.05, 3.63) is 42.7 Å². The molecule has 4 rings (SSSR count). The lowest BCUT2D eigenvalue weighted by molar-refractivity contribution is -0.121. The molecule has 0 aromatic carbocycles. The molecule has 3 aromatic heterocycles. The first-order valence-corrected chi connectivity index (χ1v) is 10.7. The van der Waals surface area contributed by atoms with Gasteiger partial charge in [-0.25, -0.2) is 9.97 Å². The van der Waals surface area contributed by atoms with Crippen molar-refractivity contribution in [2.75, 3.05) is 0 Å². The summed E-state index contributed by atoms with van der Waals surface area (Å²) in [7, 11) is 0. The Morgan fingerprint density at radius 1 is 1.30 bits per heavy atom. The molecule has 0 unspecified atom stereocenters. The van der Waals surface area contributed by atoms with E-state index in [0.717, 1.165) is 34.5 Å². The number of hydrogen-bond donors (Lipinski definition) is 3. The lowest BCUT2D eigenvalue weighted by Gasteiger charge is -2.09. The van der Waals surface area contributed by atoms with Crippen molar-refractivity contribution >= 4 is 38.8 Å². The van der Waals surface area contributed by atoms with Gasteiger partial charge in [0.25, 0.3) is 5.56 Å². The number of aryl methyl sites for hydroxylation is 3. The third-order valence-corrected chi connectivity index (χ3v) is 6.74. The zero-order valence-corrected chi connectivity index (χ0v) is 16.3. The average Bonchev–Trinajstić information content (AvgIpc) is 3.28. The van der Waals surface area contributed by atoms with E-state index in [1.165, 1.54) is 28.2 Å². The van der Waals surface area contributed by atoms with Gasteiger partial charge in [-0.05, 0) is 31.2 Å². The van der Waals surface area contributed by atoms with E-state index < -0.39 is 0 Å². The minimum atomic E-state index is -0.121. The molecule has 9 heteroatoms. The number of thiazole rings is 1. The van der Waals surface area contributed by atoms with Gasteiger partial charge in [-0.3, -0.25) is 9.59 Å². The van der Waals surface area contributed by atoms with Crippen LogP contribution >= 0.6 is 22.7 Å². The fraction of sp³-hybridized carbons (Fsp3) is 0.444. The molecule has 7 nitrogen and oxygen atoms in total. The molecule has 1 aliphatic carbocycles. The summed E-state index contributed by atoms with van der Waals surface area (Å²) in [5.41, 5.74) is 1.69. The van der Waals surface area contributed by atoms with Crippen LogP contribution in [0.15, 0.2) is 10.2 Å². The van der Waals surface area contributed by atoms with Crippen molar-refractivity contribution in [1.82, 2.24) is 20.3 Å². The van der Waals surface area contributed by atoms with Crippen LogP contribution in [0, 0.1) is 0 Å². The molecule has 0 fully saturated rings. The Bertz CT molecular complexity index is 1040. The van der Waals surface area contributed by atoms with Crippen LogP contribution in [0.3, 0.4) is 0 Å². The van der Waals surface area contributed by atoms with E-state index in [0.29, 0.717) is 24.5 Å². The van der Waals surface area contributed by atoms with Gasteiger partial charge in [-0.1, -0.05) is 0 Å². The van der Waals surface area contributed by atoms with E-state index in [1.54, 1.807) is 16.7 Å². The fourth-order valence-corrected chi connectivity index (χ4v) is 5.33. The van der Waals surface area contributed by atoms with Crippen molar-refractivity contribution in [3.8, 4) is 0 Å². The summed E-state index contributed by atoms with van der Waals surface area (Å²) in [6, 6.07) is 0. The van der Waals surface area contributed by atoms with E-state index in [9.17, 15) is 9.59 Å². The number of carbonyl (C=O) groups excluding carboxylic acids is 1. The molecular formula is C18H20N4O3S2. The molecular weight excluding hydrogens is 384 g/mol. The third kappa shape index (κ3) is 3.95. The number of aromatic nitrogens is 3. The number of rotatable bonds is 6. The summed E-state index contributed by atoms with van der Waals surface area (Å²) >= 11 is 3.02. The van der Waals surface area contributed by atoms with Crippen LogP contribution in [0.5, 0.6) is 0 Å². The number of nitrogens with zero attached hydrogens (tertiary/aromatic N) is 2. The normalized spacial score (nSPS) is 13.7. The second-order valence-electron chi connectivity index (χ2n) is 6.57. The molecule has 0 saturated heterocycles. The number of aliphatic hydroxyl groups excluding tert-OH is 1. The summed E-state index contributed by atoms with van der Waals surface area (Å²) in [6.07, 6.45) is 4.92. The Hall–Kier alpha value is -2.10. The van der Waals surface area contributed by atoms with Crippen LogP contribution in [0.1, 0.15) is 46.2 Å². The molecule has 0 saturated carbocycles. The van der Waals surface area contributed by atoms with Gasteiger partial charge in [0.1, 0.15) is 15.7 Å². The highest BCUT2D eigenvalue weighted by Gasteiger charge is 2.19. The second-order valence-corrected chi connectivity index (χ2v) is 8.60. The van der Waals surface area contributed by atoms with Crippen LogP contribution < -0.4 is 10.9 Å². The number of aliphatic hydroxyl groups is 1. The van der Waals surface area contributed by atoms with Crippen LogP contribution in [0.2, 0.25) is 0 Å². The average molecular weight is 405 g/mol. The Morgan fingerprint density at radius 2 is 2.15 bits per heavy atom. The topological polar surface area (TPSA) is 108 Å². The van der Waals surface area contributed by atoms with Crippen molar-refractivity contribution < 1.29 is 9.90 Å². The molecule has 1 aliphatic rings. The molecule has 0 spiro atoms. The maximum atomic E-state index is 12.5. The van der Waals surface area contributed by atoms with Gasteiger partial charge in [0.15, 0.2) is 0 Å². The number of hydrogen-bond acceptors (Lipinski definition) is 7. The van der Waals surface area contributed by atoms with Gasteiger partial charge >= 0.3 is 0 Å². The first-order chi connectivity index (χ1) is 13.1. The van der Waals surface area contributed by atoms with Gasteiger partial charge in [-0.15, -0.1) is 22.7 Å². The molecule has 142 valence electrons. The lowest BCUT2D eigenvalue weighted by atomic mass is 9.97. The fourth-order valence-electron chi connectivity index (χ4n) is 3.32. The van der Waals surface area contributed by atoms with Gasteiger partial charge in [0.05, 0.1) is 24.2 Å². The smallest absolute Gasteiger partial charge is 0.259 e. The third-order valence-electron chi connectivity index (χ3n) is 4.66. The first kappa shape index (κ1) is 18.3. The summed E-state index contributed by atoms with van der Waals surface area (Å²) in [6.45, 7) is 0.238. The molecule has 0 bridgehead atoms. The quantitative estimate of drug-likeness (QED) is 0.583. The largest absolute Gasteiger partial charge is 0.390 e. The van der Waals surface area contributed by atoms with E-state index in [2.05, 4.69) is 20.3 Å². The Balaban J connectivity index is 1.39. The summed E-state index contributed by atoms with van der Waals surface area (Å²) in [5, 5.41) is 15.1. The minimum absolute atomic E-state index is 0.0888. The maximum Gasteiger partial charge on any atom is 0.259 e. The number of aromatic amines is 1. The van der Waals surface area contributed by atoms with Crippen LogP contribution in [-0.2, 0) is 37.2 Å². The number of H-pyrrole nitrogens is 1. The maximum absolute atomic E-state index is 12.5. The second kappa shape index (κ2) is 7.87. The first-order valence-electron chi connectivity index (χ1n) is 8.98. The van der Waals surface area contributed by atoms with Crippen LogP contribution in [-0.4, -0.2) is 26.0 Å². The van der Waals surface area contributed by atoms with Crippen molar-refractivity contribution in [2.24, 2.45) is 0 Å². The Kier molecular flexibility index (Phi) is 5.33. The summed E-state index contributed by atoms with van der Waals surface area (Å²) < 4.78 is 0. The van der Waals surface area contributed by atoms with Crippen LogP contribution in [0.25, 0.3) is 10.2 Å². The van der Waals surface area contributed by atoms with Crippen molar-refractivity contribution in [3.63, 3.8) is 0 Å². The lowest BCUT2D eigenvalue weighted by Crippen LogP contribution is -2.23. The number of thiophene rings is 1. The molecule has 3 heterocycles. The van der Waals surface area contributed by atoms with E-state index in [4.69, 9.17) is 5.11 Å². The SMILES string of the molecule is O=C(CCc1nc2sc3c(c2c(=O)[nH]1)CCCC3)NCc1nc(CO)cs1. The Morgan fingerprint density at radius 3 is 2.96 bits per heavy atom. The molecule has 1 amide bonds. The number of fused-ring (bicyclic) bond motifs is 3. The molecule has 0 atom stereocenters. The summed E-state index contributed by atoms with van der Waals surface area (Å²) in [4.78, 5) is 38.3. The molecule has 3 aromatic rings. The zero-order valence-electron chi connectivity index (χ0n) is 14.7. The summed E-state index contributed by atoms with van der Waals surface area (Å²) in [5.74, 6) is 0.432. The van der Waals surface area contributed by atoms with Crippen molar-refractivity contribution in [1.29, 1.82) is 0 Å². The standard InChI is InChI=1S/C18H20N4O3S2/c23-8-10-9-26-15(20-10)7-19-14(24)6-5-13-21-17(25)16-11-3-1-2-4-12(11)27-18(16)22-13/h9,23H,1-8H2,(H,19,24)(H,21,22,25). The minimum Gasteiger partial charge on any atom is -0.390 e. The van der Waals surface area contributed by atoms with Gasteiger partial charge in [-0.2, -0.15) is 0 Å². The number of carbonyl (C=O) groups is 1.